The molecule has 0 radical (unpaired) electrons. The Kier molecular flexibility index (Phi) is 4.97. The lowest BCUT2D eigenvalue weighted by atomic mass is 10.1. The summed E-state index contributed by atoms with van der Waals surface area (Å²) in [6.07, 6.45) is 0. The summed E-state index contributed by atoms with van der Waals surface area (Å²) >= 11 is 0. The van der Waals surface area contributed by atoms with Gasteiger partial charge in [0, 0.05) is 32.4 Å². The molecule has 108 valence electrons. The molecule has 3 nitrogen and oxygen atoms in total. The summed E-state index contributed by atoms with van der Waals surface area (Å²) in [5.41, 5.74) is 4.30. The molecule has 0 aliphatic heterocycles. The van der Waals surface area contributed by atoms with Gasteiger partial charge in [0.1, 0.15) is 0 Å². The summed E-state index contributed by atoms with van der Waals surface area (Å²) in [6, 6.07) is 18.7. The van der Waals surface area contributed by atoms with Crippen LogP contribution in [0.25, 0.3) is 0 Å². The first-order valence-corrected chi connectivity index (χ1v) is 7.10. The lowest BCUT2D eigenvalue weighted by Gasteiger charge is -2.16. The Bertz CT molecular complexity index is 624. The van der Waals surface area contributed by atoms with Crippen molar-refractivity contribution in [2.45, 2.75) is 19.5 Å². The molecule has 1 atom stereocenters. The van der Waals surface area contributed by atoms with Crippen molar-refractivity contribution in [1.82, 2.24) is 5.32 Å². The van der Waals surface area contributed by atoms with Gasteiger partial charge in [-0.1, -0.05) is 24.3 Å². The number of nitrogens with zero attached hydrogens (tertiary/aromatic N) is 2. The number of hydrogen-bond donors (Lipinski definition) is 1. The molecule has 2 rings (SSSR count). The molecular weight excluding hydrogens is 258 g/mol. The van der Waals surface area contributed by atoms with Crippen molar-refractivity contribution in [2.24, 2.45) is 0 Å². The Morgan fingerprint density at radius 2 is 1.86 bits per heavy atom. The Hall–Kier alpha value is -2.31. The van der Waals surface area contributed by atoms with E-state index in [0.717, 1.165) is 12.1 Å². The average Bonchev–Trinajstić information content (AvgIpc) is 2.53. The zero-order chi connectivity index (χ0) is 15.2. The Morgan fingerprint density at radius 3 is 2.48 bits per heavy atom. The minimum absolute atomic E-state index is 0.215. The SMILES string of the molecule is CC(NCc1ccc(N(C)C)cc1)c1cccc(C#N)c1. The molecule has 0 spiro atoms. The smallest absolute Gasteiger partial charge is 0.0991 e. The summed E-state index contributed by atoms with van der Waals surface area (Å²) in [5, 5.41) is 12.4. The first kappa shape index (κ1) is 15.1. The van der Waals surface area contributed by atoms with Crippen LogP contribution in [0.2, 0.25) is 0 Å². The molecule has 0 saturated heterocycles. The van der Waals surface area contributed by atoms with Crippen LogP contribution in [0.15, 0.2) is 48.5 Å². The second-order valence-electron chi connectivity index (χ2n) is 5.40. The highest BCUT2D eigenvalue weighted by Crippen LogP contribution is 2.16. The van der Waals surface area contributed by atoms with Crippen LogP contribution in [0.3, 0.4) is 0 Å². The highest BCUT2D eigenvalue weighted by atomic mass is 15.1. The van der Waals surface area contributed by atoms with Crippen molar-refractivity contribution in [2.75, 3.05) is 19.0 Å². The predicted molar refractivity (Wildman–Crippen MR) is 87.2 cm³/mol. The Balaban J connectivity index is 1.97. The number of hydrogen-bond acceptors (Lipinski definition) is 3. The Morgan fingerprint density at radius 1 is 1.14 bits per heavy atom. The predicted octanol–water partition coefficient (Wildman–Crippen LogP) is 3.48. The minimum atomic E-state index is 0.215. The van der Waals surface area contributed by atoms with E-state index < -0.39 is 0 Å². The average molecular weight is 279 g/mol. The molecule has 0 bridgehead atoms. The second kappa shape index (κ2) is 6.92. The first-order chi connectivity index (χ1) is 10.1. The van der Waals surface area contributed by atoms with Gasteiger partial charge in [0.2, 0.25) is 0 Å². The summed E-state index contributed by atoms with van der Waals surface area (Å²) in [6.45, 7) is 2.93. The molecule has 3 heteroatoms. The van der Waals surface area contributed by atoms with Crippen LogP contribution in [-0.2, 0) is 6.54 Å². The zero-order valence-corrected chi connectivity index (χ0v) is 12.8. The van der Waals surface area contributed by atoms with Crippen LogP contribution < -0.4 is 10.2 Å². The molecule has 0 fully saturated rings. The van der Waals surface area contributed by atoms with Crippen LogP contribution in [-0.4, -0.2) is 14.1 Å². The van der Waals surface area contributed by atoms with Gasteiger partial charge in [-0.2, -0.15) is 5.26 Å². The number of anilines is 1. The van der Waals surface area contributed by atoms with Gasteiger partial charge in [0.05, 0.1) is 11.6 Å². The molecule has 0 saturated carbocycles. The van der Waals surface area contributed by atoms with Crippen LogP contribution >= 0.6 is 0 Å². The molecule has 1 unspecified atom stereocenters. The van der Waals surface area contributed by atoms with Crippen molar-refractivity contribution < 1.29 is 0 Å². The maximum atomic E-state index is 8.95. The number of rotatable bonds is 5. The monoisotopic (exact) mass is 279 g/mol. The maximum absolute atomic E-state index is 8.95. The fraction of sp³-hybridized carbons (Fsp3) is 0.278. The van der Waals surface area contributed by atoms with E-state index in [4.69, 9.17) is 5.26 Å². The molecule has 2 aromatic carbocycles. The van der Waals surface area contributed by atoms with Crippen LogP contribution in [0, 0.1) is 11.3 Å². The number of nitriles is 1. The van der Waals surface area contributed by atoms with Gasteiger partial charge in [0.25, 0.3) is 0 Å². The summed E-state index contributed by atoms with van der Waals surface area (Å²) in [4.78, 5) is 2.09. The van der Waals surface area contributed by atoms with E-state index in [1.807, 2.05) is 38.4 Å². The number of nitrogens with one attached hydrogen (secondary N) is 1. The highest BCUT2D eigenvalue weighted by Gasteiger charge is 2.05. The van der Waals surface area contributed by atoms with E-state index in [2.05, 4.69) is 47.5 Å². The van der Waals surface area contributed by atoms with E-state index in [0.29, 0.717) is 5.56 Å². The third-order valence-corrected chi connectivity index (χ3v) is 3.58. The van der Waals surface area contributed by atoms with E-state index in [1.54, 1.807) is 0 Å². The number of benzene rings is 2. The quantitative estimate of drug-likeness (QED) is 0.910. The maximum Gasteiger partial charge on any atom is 0.0991 e. The van der Waals surface area contributed by atoms with Gasteiger partial charge < -0.3 is 10.2 Å². The van der Waals surface area contributed by atoms with Gasteiger partial charge in [-0.25, -0.2) is 0 Å². The summed E-state index contributed by atoms with van der Waals surface area (Å²) in [5.74, 6) is 0. The largest absolute Gasteiger partial charge is 0.378 e. The van der Waals surface area contributed by atoms with Crippen LogP contribution in [0.4, 0.5) is 5.69 Å². The lowest BCUT2D eigenvalue weighted by molar-refractivity contribution is 0.574. The molecule has 0 aliphatic rings. The lowest BCUT2D eigenvalue weighted by Crippen LogP contribution is -2.18. The molecule has 0 amide bonds. The molecule has 2 aromatic rings. The molecule has 0 heterocycles. The minimum Gasteiger partial charge on any atom is -0.378 e. The summed E-state index contributed by atoms with van der Waals surface area (Å²) in [7, 11) is 4.08. The third-order valence-electron chi connectivity index (χ3n) is 3.58. The molecule has 0 aromatic heterocycles. The fourth-order valence-corrected chi connectivity index (χ4v) is 2.18. The summed E-state index contributed by atoms with van der Waals surface area (Å²) < 4.78 is 0. The van der Waals surface area contributed by atoms with E-state index in [-0.39, 0.29) is 6.04 Å². The van der Waals surface area contributed by atoms with Gasteiger partial charge in [-0.15, -0.1) is 0 Å². The zero-order valence-electron chi connectivity index (χ0n) is 12.8. The first-order valence-electron chi connectivity index (χ1n) is 7.10. The molecule has 0 aliphatic carbocycles. The van der Waals surface area contributed by atoms with E-state index >= 15 is 0 Å². The Labute approximate surface area is 126 Å². The van der Waals surface area contributed by atoms with Crippen molar-refractivity contribution in [1.29, 1.82) is 5.26 Å². The van der Waals surface area contributed by atoms with E-state index in [1.165, 1.54) is 11.3 Å². The molecule has 1 N–H and O–H groups in total. The van der Waals surface area contributed by atoms with Gasteiger partial charge in [-0.3, -0.25) is 0 Å². The molecular formula is C18H21N3. The van der Waals surface area contributed by atoms with E-state index in [9.17, 15) is 0 Å². The van der Waals surface area contributed by atoms with Crippen molar-refractivity contribution in [3.8, 4) is 6.07 Å². The van der Waals surface area contributed by atoms with Gasteiger partial charge in [0.15, 0.2) is 0 Å². The fourth-order valence-electron chi connectivity index (χ4n) is 2.18. The highest BCUT2D eigenvalue weighted by molar-refractivity contribution is 5.46. The van der Waals surface area contributed by atoms with Gasteiger partial charge in [-0.05, 0) is 42.3 Å². The van der Waals surface area contributed by atoms with Crippen molar-refractivity contribution in [3.63, 3.8) is 0 Å². The second-order valence-corrected chi connectivity index (χ2v) is 5.40. The normalized spacial score (nSPS) is 11.7. The third kappa shape index (κ3) is 4.08. The van der Waals surface area contributed by atoms with Crippen LogP contribution in [0.5, 0.6) is 0 Å². The van der Waals surface area contributed by atoms with Crippen molar-refractivity contribution in [3.05, 3.63) is 65.2 Å². The molecule has 21 heavy (non-hydrogen) atoms. The van der Waals surface area contributed by atoms with Crippen molar-refractivity contribution >= 4 is 5.69 Å². The standard InChI is InChI=1S/C18H21N3/c1-14(17-6-4-5-16(11-17)12-19)20-13-15-7-9-18(10-8-15)21(2)3/h4-11,14,20H,13H2,1-3H3. The topological polar surface area (TPSA) is 39.1 Å². The van der Waals surface area contributed by atoms with Crippen LogP contribution in [0.1, 0.15) is 29.7 Å². The van der Waals surface area contributed by atoms with Gasteiger partial charge >= 0.3 is 0 Å².